The van der Waals surface area contributed by atoms with Gasteiger partial charge in [-0.1, -0.05) is 35.6 Å². The molecule has 5 nitrogen and oxygen atoms in total. The fourth-order valence-corrected chi connectivity index (χ4v) is 3.70. The number of ether oxygens (including phenoxy) is 1. The summed E-state index contributed by atoms with van der Waals surface area (Å²) in [6.45, 7) is 0. The maximum absolute atomic E-state index is 5.27. The van der Waals surface area contributed by atoms with Gasteiger partial charge in [0.2, 0.25) is 0 Å². The van der Waals surface area contributed by atoms with Crippen molar-refractivity contribution in [2.45, 2.75) is 6.04 Å². The number of fused-ring (bicyclic) bond motifs is 1. The number of aromatic nitrogens is 3. The van der Waals surface area contributed by atoms with Gasteiger partial charge < -0.3 is 14.6 Å². The van der Waals surface area contributed by atoms with Crippen LogP contribution in [0, 0.1) is 0 Å². The number of imidazole rings is 1. The number of para-hydroxylation sites is 1. The van der Waals surface area contributed by atoms with Gasteiger partial charge in [0.05, 0.1) is 17.3 Å². The van der Waals surface area contributed by atoms with E-state index in [0.29, 0.717) is 0 Å². The Morgan fingerprint density at radius 3 is 2.60 bits per heavy atom. The molecule has 0 fully saturated rings. The van der Waals surface area contributed by atoms with Crippen LogP contribution in [-0.4, -0.2) is 21.6 Å². The Bertz CT molecular complexity index is 957. The molecule has 0 bridgehead atoms. The number of rotatable bonds is 5. The van der Waals surface area contributed by atoms with Crippen molar-refractivity contribution >= 4 is 26.7 Å². The third-order valence-corrected chi connectivity index (χ3v) is 5.10. The van der Waals surface area contributed by atoms with Crippen molar-refractivity contribution in [1.29, 1.82) is 0 Å². The summed E-state index contributed by atoms with van der Waals surface area (Å²) >= 11 is 1.65. The van der Waals surface area contributed by atoms with Crippen LogP contribution in [0.15, 0.2) is 60.9 Å². The Balaban J connectivity index is 1.73. The van der Waals surface area contributed by atoms with Gasteiger partial charge in [-0.05, 0) is 29.8 Å². The number of aryl methyl sites for hydroxylation is 1. The SMILES string of the molecule is COc1ccc([C@H](Nc2nc3ccccc3s2)c2nccn2C)cc1. The van der Waals surface area contributed by atoms with Crippen LogP contribution in [-0.2, 0) is 7.05 Å². The predicted octanol–water partition coefficient (Wildman–Crippen LogP) is 4.24. The standard InChI is InChI=1S/C19H18N4OS/c1-23-12-11-20-18(23)17(13-7-9-14(24-2)10-8-13)22-19-21-15-5-3-4-6-16(15)25-19/h3-12,17H,1-2H3,(H,21,22)/t17-/m0/s1. The minimum absolute atomic E-state index is 0.0912. The fraction of sp³-hybridized carbons (Fsp3) is 0.158. The zero-order chi connectivity index (χ0) is 17.2. The molecule has 0 spiro atoms. The fourth-order valence-electron chi connectivity index (χ4n) is 2.81. The Morgan fingerprint density at radius 1 is 1.12 bits per heavy atom. The number of methoxy groups -OCH3 is 1. The lowest BCUT2D eigenvalue weighted by Crippen LogP contribution is -2.16. The van der Waals surface area contributed by atoms with Gasteiger partial charge in [-0.25, -0.2) is 9.97 Å². The molecule has 4 aromatic rings. The average molecular weight is 350 g/mol. The second-order valence-electron chi connectivity index (χ2n) is 5.73. The summed E-state index contributed by atoms with van der Waals surface area (Å²) in [5.41, 5.74) is 2.11. The van der Waals surface area contributed by atoms with E-state index in [2.05, 4.69) is 28.5 Å². The first kappa shape index (κ1) is 15.7. The average Bonchev–Trinajstić information content (AvgIpc) is 3.25. The van der Waals surface area contributed by atoms with Gasteiger partial charge in [0, 0.05) is 19.4 Å². The van der Waals surface area contributed by atoms with Crippen LogP contribution >= 0.6 is 11.3 Å². The van der Waals surface area contributed by atoms with Crippen molar-refractivity contribution in [3.63, 3.8) is 0 Å². The zero-order valence-corrected chi connectivity index (χ0v) is 14.8. The molecule has 1 N–H and O–H groups in total. The third-order valence-electron chi connectivity index (χ3n) is 4.13. The molecule has 25 heavy (non-hydrogen) atoms. The van der Waals surface area contributed by atoms with Crippen LogP contribution in [0.5, 0.6) is 5.75 Å². The smallest absolute Gasteiger partial charge is 0.184 e. The second kappa shape index (κ2) is 6.57. The van der Waals surface area contributed by atoms with Crippen molar-refractivity contribution in [2.24, 2.45) is 7.05 Å². The van der Waals surface area contributed by atoms with Gasteiger partial charge in [0.15, 0.2) is 5.13 Å². The highest BCUT2D eigenvalue weighted by atomic mass is 32.1. The van der Waals surface area contributed by atoms with Gasteiger partial charge in [0.25, 0.3) is 0 Å². The zero-order valence-electron chi connectivity index (χ0n) is 14.0. The van der Waals surface area contributed by atoms with Crippen LogP contribution in [0.4, 0.5) is 5.13 Å². The molecule has 0 aliphatic rings. The second-order valence-corrected chi connectivity index (χ2v) is 6.76. The molecule has 0 amide bonds. The molecule has 2 aromatic heterocycles. The molecule has 6 heteroatoms. The van der Waals surface area contributed by atoms with Crippen molar-refractivity contribution in [1.82, 2.24) is 14.5 Å². The van der Waals surface area contributed by atoms with Crippen LogP contribution in [0.25, 0.3) is 10.2 Å². The first-order chi connectivity index (χ1) is 12.2. The maximum atomic E-state index is 5.27. The Hall–Kier alpha value is -2.86. The predicted molar refractivity (Wildman–Crippen MR) is 101 cm³/mol. The number of nitrogens with one attached hydrogen (secondary N) is 1. The van der Waals surface area contributed by atoms with Gasteiger partial charge in [-0.15, -0.1) is 0 Å². The van der Waals surface area contributed by atoms with E-state index in [-0.39, 0.29) is 6.04 Å². The summed E-state index contributed by atoms with van der Waals surface area (Å²) in [7, 11) is 3.67. The molecule has 0 aliphatic carbocycles. The number of hydrogen-bond acceptors (Lipinski definition) is 5. The summed E-state index contributed by atoms with van der Waals surface area (Å²) in [6.07, 6.45) is 3.76. The van der Waals surface area contributed by atoms with E-state index in [0.717, 1.165) is 27.8 Å². The van der Waals surface area contributed by atoms with Crippen LogP contribution in [0.3, 0.4) is 0 Å². The first-order valence-corrected chi connectivity index (χ1v) is 8.79. The van der Waals surface area contributed by atoms with Gasteiger partial charge >= 0.3 is 0 Å². The van der Waals surface area contributed by atoms with E-state index in [1.807, 2.05) is 54.3 Å². The van der Waals surface area contributed by atoms with Crippen molar-refractivity contribution in [3.8, 4) is 5.75 Å². The van der Waals surface area contributed by atoms with Gasteiger partial charge in [0.1, 0.15) is 17.6 Å². The lowest BCUT2D eigenvalue weighted by Gasteiger charge is -2.19. The highest BCUT2D eigenvalue weighted by Crippen LogP contribution is 2.31. The van der Waals surface area contributed by atoms with E-state index in [9.17, 15) is 0 Å². The molecule has 0 saturated heterocycles. The highest BCUT2D eigenvalue weighted by molar-refractivity contribution is 7.22. The normalized spacial score (nSPS) is 12.2. The lowest BCUT2D eigenvalue weighted by molar-refractivity contribution is 0.414. The largest absolute Gasteiger partial charge is 0.497 e. The van der Waals surface area contributed by atoms with E-state index < -0.39 is 0 Å². The summed E-state index contributed by atoms with van der Waals surface area (Å²) in [4.78, 5) is 9.23. The topological polar surface area (TPSA) is 52.0 Å². The van der Waals surface area contributed by atoms with Crippen molar-refractivity contribution in [2.75, 3.05) is 12.4 Å². The Labute approximate surface area is 149 Å². The van der Waals surface area contributed by atoms with Crippen molar-refractivity contribution < 1.29 is 4.74 Å². The minimum Gasteiger partial charge on any atom is -0.497 e. The monoisotopic (exact) mass is 350 g/mol. The molecule has 1 atom stereocenters. The maximum Gasteiger partial charge on any atom is 0.184 e. The summed E-state index contributed by atoms with van der Waals surface area (Å²) < 4.78 is 8.46. The molecule has 0 unspecified atom stereocenters. The van der Waals surface area contributed by atoms with Crippen LogP contribution in [0.1, 0.15) is 17.4 Å². The quantitative estimate of drug-likeness (QED) is 0.585. The highest BCUT2D eigenvalue weighted by Gasteiger charge is 2.20. The number of thiazole rings is 1. The van der Waals surface area contributed by atoms with E-state index >= 15 is 0 Å². The number of benzene rings is 2. The molecular formula is C19H18N4OS. The number of anilines is 1. The van der Waals surface area contributed by atoms with E-state index in [4.69, 9.17) is 9.72 Å². The van der Waals surface area contributed by atoms with Crippen LogP contribution in [0.2, 0.25) is 0 Å². The molecule has 0 aliphatic heterocycles. The minimum atomic E-state index is -0.0912. The summed E-state index contributed by atoms with van der Waals surface area (Å²) in [6, 6.07) is 16.1. The summed E-state index contributed by atoms with van der Waals surface area (Å²) in [5.74, 6) is 1.77. The van der Waals surface area contributed by atoms with Crippen molar-refractivity contribution in [3.05, 3.63) is 72.3 Å². The molecule has 0 radical (unpaired) electrons. The van der Waals surface area contributed by atoms with E-state index in [1.165, 1.54) is 4.70 Å². The van der Waals surface area contributed by atoms with Gasteiger partial charge in [-0.2, -0.15) is 0 Å². The van der Waals surface area contributed by atoms with Gasteiger partial charge in [-0.3, -0.25) is 0 Å². The first-order valence-electron chi connectivity index (χ1n) is 7.98. The molecule has 4 rings (SSSR count). The molecule has 2 heterocycles. The molecule has 0 saturated carbocycles. The van der Waals surface area contributed by atoms with Crippen LogP contribution < -0.4 is 10.1 Å². The van der Waals surface area contributed by atoms with E-state index in [1.54, 1.807) is 18.4 Å². The number of hydrogen-bond donors (Lipinski definition) is 1. The number of nitrogens with zero attached hydrogens (tertiary/aromatic N) is 3. The Kier molecular flexibility index (Phi) is 4.11. The molecular weight excluding hydrogens is 332 g/mol. The third kappa shape index (κ3) is 3.08. The molecule has 2 aromatic carbocycles. The Morgan fingerprint density at radius 2 is 1.92 bits per heavy atom. The molecule has 126 valence electrons. The summed E-state index contributed by atoms with van der Waals surface area (Å²) in [5, 5.41) is 4.43. The lowest BCUT2D eigenvalue weighted by atomic mass is 10.1.